The molecule has 96 valence electrons. The standard InChI is InChI=1S/C12H13F2N3O/c1-8-6-16-17(11(8)15)7-9-4-2-3-5-10(9)18-12(13)14/h2-6,12H,7,15H2,1H3. The Morgan fingerprint density at radius 2 is 2.11 bits per heavy atom. The van der Waals surface area contributed by atoms with Gasteiger partial charge in [0.2, 0.25) is 0 Å². The molecule has 0 spiro atoms. The Morgan fingerprint density at radius 1 is 1.39 bits per heavy atom. The van der Waals surface area contributed by atoms with E-state index < -0.39 is 6.61 Å². The number of rotatable bonds is 4. The second-order valence-corrected chi connectivity index (χ2v) is 3.86. The van der Waals surface area contributed by atoms with Gasteiger partial charge in [-0.25, -0.2) is 4.68 Å². The molecule has 1 aromatic carbocycles. The summed E-state index contributed by atoms with van der Waals surface area (Å²) in [6, 6.07) is 6.58. The Balaban J connectivity index is 2.26. The molecule has 0 saturated carbocycles. The van der Waals surface area contributed by atoms with Gasteiger partial charge in [-0.1, -0.05) is 18.2 Å². The summed E-state index contributed by atoms with van der Waals surface area (Å²) in [4.78, 5) is 0. The summed E-state index contributed by atoms with van der Waals surface area (Å²) in [6.07, 6.45) is 1.63. The van der Waals surface area contributed by atoms with Gasteiger partial charge in [0, 0.05) is 11.1 Å². The van der Waals surface area contributed by atoms with Crippen molar-refractivity contribution in [1.29, 1.82) is 0 Å². The highest BCUT2D eigenvalue weighted by molar-refractivity contribution is 5.40. The highest BCUT2D eigenvalue weighted by atomic mass is 19.3. The van der Waals surface area contributed by atoms with Gasteiger partial charge < -0.3 is 10.5 Å². The maximum absolute atomic E-state index is 12.3. The lowest BCUT2D eigenvalue weighted by atomic mass is 10.2. The van der Waals surface area contributed by atoms with Crippen LogP contribution in [0.15, 0.2) is 30.5 Å². The zero-order valence-corrected chi connectivity index (χ0v) is 9.81. The molecule has 0 atom stereocenters. The average molecular weight is 253 g/mol. The highest BCUT2D eigenvalue weighted by Gasteiger charge is 2.11. The minimum atomic E-state index is -2.84. The summed E-state index contributed by atoms with van der Waals surface area (Å²) in [5.74, 6) is 0.655. The fraction of sp³-hybridized carbons (Fsp3) is 0.250. The van der Waals surface area contributed by atoms with Crippen LogP contribution in [0.1, 0.15) is 11.1 Å². The largest absolute Gasteiger partial charge is 0.434 e. The first-order chi connectivity index (χ1) is 8.58. The van der Waals surface area contributed by atoms with Gasteiger partial charge in [0.1, 0.15) is 11.6 Å². The number of nitrogen functional groups attached to an aromatic ring is 1. The summed E-state index contributed by atoms with van der Waals surface area (Å²) < 4.78 is 30.5. The zero-order chi connectivity index (χ0) is 13.1. The van der Waals surface area contributed by atoms with Crippen LogP contribution >= 0.6 is 0 Å². The Kier molecular flexibility index (Phi) is 3.45. The smallest absolute Gasteiger partial charge is 0.387 e. The third kappa shape index (κ3) is 2.58. The topological polar surface area (TPSA) is 53.1 Å². The van der Waals surface area contributed by atoms with E-state index >= 15 is 0 Å². The normalized spacial score (nSPS) is 10.9. The fourth-order valence-corrected chi connectivity index (χ4v) is 1.62. The molecule has 0 fully saturated rings. The van der Waals surface area contributed by atoms with Crippen molar-refractivity contribution in [1.82, 2.24) is 9.78 Å². The van der Waals surface area contributed by atoms with E-state index in [2.05, 4.69) is 9.84 Å². The summed E-state index contributed by atoms with van der Waals surface area (Å²) in [6.45, 7) is -0.717. The minimum absolute atomic E-state index is 0.139. The predicted molar refractivity (Wildman–Crippen MR) is 63.6 cm³/mol. The van der Waals surface area contributed by atoms with Crippen LogP contribution < -0.4 is 10.5 Å². The molecule has 0 aliphatic rings. The molecule has 0 radical (unpaired) electrons. The average Bonchev–Trinajstić information content (AvgIpc) is 2.63. The predicted octanol–water partition coefficient (Wildman–Crippen LogP) is 2.42. The van der Waals surface area contributed by atoms with Crippen LogP contribution in [0.2, 0.25) is 0 Å². The van der Waals surface area contributed by atoms with E-state index in [-0.39, 0.29) is 5.75 Å². The van der Waals surface area contributed by atoms with E-state index in [1.54, 1.807) is 29.1 Å². The Bertz CT molecular complexity index is 540. The Morgan fingerprint density at radius 3 is 2.72 bits per heavy atom. The molecule has 0 bridgehead atoms. The van der Waals surface area contributed by atoms with Crippen LogP contribution in [0.5, 0.6) is 5.75 Å². The second kappa shape index (κ2) is 5.03. The first kappa shape index (κ1) is 12.3. The third-order valence-corrected chi connectivity index (χ3v) is 2.58. The minimum Gasteiger partial charge on any atom is -0.434 e. The van der Waals surface area contributed by atoms with Crippen LogP contribution in [0.3, 0.4) is 0 Å². The van der Waals surface area contributed by atoms with Crippen molar-refractivity contribution < 1.29 is 13.5 Å². The van der Waals surface area contributed by atoms with Crippen molar-refractivity contribution in [3.63, 3.8) is 0 Å². The number of ether oxygens (including phenoxy) is 1. The lowest BCUT2D eigenvalue weighted by Gasteiger charge is -2.11. The zero-order valence-electron chi connectivity index (χ0n) is 9.81. The van der Waals surface area contributed by atoms with Crippen molar-refractivity contribution >= 4 is 5.82 Å². The van der Waals surface area contributed by atoms with Gasteiger partial charge in [-0.05, 0) is 13.0 Å². The lowest BCUT2D eigenvalue weighted by Crippen LogP contribution is -2.09. The van der Waals surface area contributed by atoms with E-state index in [0.29, 0.717) is 17.9 Å². The van der Waals surface area contributed by atoms with Crippen molar-refractivity contribution in [3.05, 3.63) is 41.6 Å². The molecule has 0 amide bonds. The molecule has 0 unspecified atom stereocenters. The first-order valence-electron chi connectivity index (χ1n) is 5.38. The van der Waals surface area contributed by atoms with Crippen LogP contribution in [0.4, 0.5) is 14.6 Å². The molecule has 4 nitrogen and oxygen atoms in total. The maximum Gasteiger partial charge on any atom is 0.387 e. The summed E-state index contributed by atoms with van der Waals surface area (Å²) in [7, 11) is 0. The van der Waals surface area contributed by atoms with E-state index in [1.165, 1.54) is 6.07 Å². The molecule has 2 rings (SSSR count). The fourth-order valence-electron chi connectivity index (χ4n) is 1.62. The third-order valence-electron chi connectivity index (χ3n) is 2.58. The van der Waals surface area contributed by atoms with Crippen LogP contribution in [0, 0.1) is 6.92 Å². The SMILES string of the molecule is Cc1cnn(Cc2ccccc2OC(F)F)c1N. The number of hydrogen-bond acceptors (Lipinski definition) is 3. The number of halogens is 2. The van der Waals surface area contributed by atoms with Gasteiger partial charge in [-0.3, -0.25) is 0 Å². The number of alkyl halides is 2. The quantitative estimate of drug-likeness (QED) is 0.910. The first-order valence-corrected chi connectivity index (χ1v) is 5.38. The van der Waals surface area contributed by atoms with Crippen LogP contribution in [-0.4, -0.2) is 16.4 Å². The molecule has 2 N–H and O–H groups in total. The molecule has 6 heteroatoms. The van der Waals surface area contributed by atoms with Crippen molar-refractivity contribution in [2.45, 2.75) is 20.1 Å². The summed E-state index contributed by atoms with van der Waals surface area (Å²) in [5, 5.41) is 4.08. The molecule has 1 heterocycles. The Hall–Kier alpha value is -2.11. The van der Waals surface area contributed by atoms with E-state index in [4.69, 9.17) is 5.73 Å². The molecule has 0 aliphatic carbocycles. The Labute approximate surface area is 103 Å². The molecule has 0 aliphatic heterocycles. The van der Waals surface area contributed by atoms with Gasteiger partial charge in [0.15, 0.2) is 0 Å². The second-order valence-electron chi connectivity index (χ2n) is 3.86. The summed E-state index contributed by atoms with van der Waals surface area (Å²) >= 11 is 0. The van der Waals surface area contributed by atoms with E-state index in [0.717, 1.165) is 5.56 Å². The number of aromatic nitrogens is 2. The van der Waals surface area contributed by atoms with Crippen molar-refractivity contribution in [2.75, 3.05) is 5.73 Å². The number of benzene rings is 1. The molecular weight excluding hydrogens is 240 g/mol. The van der Waals surface area contributed by atoms with Gasteiger partial charge in [0.05, 0.1) is 12.7 Å². The summed E-state index contributed by atoms with van der Waals surface area (Å²) in [5.41, 5.74) is 7.27. The number of nitrogens with two attached hydrogens (primary N) is 1. The lowest BCUT2D eigenvalue weighted by molar-refractivity contribution is -0.0505. The molecular formula is C12H13F2N3O. The molecule has 2 aromatic rings. The molecule has 18 heavy (non-hydrogen) atoms. The van der Waals surface area contributed by atoms with Gasteiger partial charge in [-0.2, -0.15) is 13.9 Å². The molecule has 1 aromatic heterocycles. The molecule has 0 saturated heterocycles. The monoisotopic (exact) mass is 253 g/mol. The van der Waals surface area contributed by atoms with Gasteiger partial charge >= 0.3 is 6.61 Å². The number of para-hydroxylation sites is 1. The maximum atomic E-state index is 12.3. The number of hydrogen-bond donors (Lipinski definition) is 1. The van der Waals surface area contributed by atoms with Crippen molar-refractivity contribution in [2.24, 2.45) is 0 Å². The van der Waals surface area contributed by atoms with E-state index in [9.17, 15) is 8.78 Å². The van der Waals surface area contributed by atoms with E-state index in [1.807, 2.05) is 6.92 Å². The number of aryl methyl sites for hydroxylation is 1. The van der Waals surface area contributed by atoms with Gasteiger partial charge in [0.25, 0.3) is 0 Å². The highest BCUT2D eigenvalue weighted by Crippen LogP contribution is 2.22. The number of anilines is 1. The van der Waals surface area contributed by atoms with Crippen LogP contribution in [-0.2, 0) is 6.54 Å². The van der Waals surface area contributed by atoms with Crippen LogP contribution in [0.25, 0.3) is 0 Å². The van der Waals surface area contributed by atoms with Gasteiger partial charge in [-0.15, -0.1) is 0 Å². The van der Waals surface area contributed by atoms with Crippen molar-refractivity contribution in [3.8, 4) is 5.75 Å². The number of nitrogens with zero attached hydrogens (tertiary/aromatic N) is 2.